The zero-order valence-corrected chi connectivity index (χ0v) is 87.2. The molecule has 2 fully saturated rings. The zero-order valence-electron chi connectivity index (χ0n) is 76.2. The van der Waals surface area contributed by atoms with Crippen LogP contribution in [0.25, 0.3) is 57.9 Å². The number of carboxylic acids is 1. The molecule has 16 aromatic rings. The lowest BCUT2D eigenvalue weighted by atomic mass is 9.99. The Bertz CT molecular complexity index is 8420. The number of rotatable bonds is 25. The molecular formula is C105H80Cl7F4N3O21S7. The van der Waals surface area contributed by atoms with Gasteiger partial charge in [-0.1, -0.05) is 221 Å². The Morgan fingerprint density at radius 1 is 0.395 bits per heavy atom. The van der Waals surface area contributed by atoms with Crippen LogP contribution >= 0.6 is 104 Å². The van der Waals surface area contributed by atoms with E-state index in [2.05, 4.69) is 6.58 Å². The number of aromatic carboxylic acids is 1. The maximum atomic E-state index is 15.0. The summed E-state index contributed by atoms with van der Waals surface area (Å²) < 4.78 is 200. The van der Waals surface area contributed by atoms with Crippen molar-refractivity contribution in [3.05, 3.63) is 394 Å². The summed E-state index contributed by atoms with van der Waals surface area (Å²) in [4.78, 5) is 38.5. The molecule has 0 saturated carbocycles. The van der Waals surface area contributed by atoms with Gasteiger partial charge in [0.1, 0.15) is 65.9 Å². The molecule has 2 aliphatic heterocycles. The summed E-state index contributed by atoms with van der Waals surface area (Å²) in [6.07, 6.45) is 0.870. The van der Waals surface area contributed by atoms with Gasteiger partial charge in [-0.15, -0.1) is 22.7 Å². The Kier molecular flexibility index (Phi) is 34.6. The van der Waals surface area contributed by atoms with E-state index in [1.165, 1.54) is 101 Å². The topological polar surface area (TPSA) is 394 Å². The van der Waals surface area contributed by atoms with E-state index in [9.17, 15) is 95.2 Å². The molecule has 0 radical (unpaired) electrons. The smallest absolute Gasteiger partial charge is 0.335 e. The molecule has 2 aromatic heterocycles. The number of sulfone groups is 5. The Morgan fingerprint density at radius 2 is 0.837 bits per heavy atom. The van der Waals surface area contributed by atoms with Gasteiger partial charge in [0.15, 0.2) is 72.2 Å². The Labute approximate surface area is 884 Å². The lowest BCUT2D eigenvalue weighted by Gasteiger charge is -2.37. The molecule has 0 aliphatic carbocycles. The molecule has 14 aromatic carbocycles. The van der Waals surface area contributed by atoms with E-state index in [1.807, 2.05) is 109 Å². The molecule has 0 atom stereocenters. The molecule has 0 spiro atoms. The van der Waals surface area contributed by atoms with Gasteiger partial charge in [0, 0.05) is 119 Å². The number of hydrogen-bond acceptors (Lipinski definition) is 23. The average molecular weight is 2270 g/mol. The normalized spacial score (nSPS) is 12.6. The highest BCUT2D eigenvalue weighted by atomic mass is 35.5. The largest absolute Gasteiger partial charge is 0.508 e. The maximum absolute atomic E-state index is 15.0. The van der Waals surface area contributed by atoms with E-state index < -0.39 is 150 Å². The number of aromatic hydroxyl groups is 4. The second-order valence-corrected chi connectivity index (χ2v) is 48.0. The number of nitrogens with zero attached hydrogens (tertiary/aromatic N) is 2. The Balaban J connectivity index is 0.000000147. The van der Waals surface area contributed by atoms with Crippen LogP contribution in [0.1, 0.15) is 70.9 Å². The molecule has 42 heteroatoms. The Morgan fingerprint density at radius 3 is 1.34 bits per heavy atom. The Hall–Kier alpha value is -12.8. The first-order chi connectivity index (χ1) is 69.6. The summed E-state index contributed by atoms with van der Waals surface area (Å²) in [7, 11) is -19.1. The molecule has 2 amide bonds. The zero-order chi connectivity index (χ0) is 106. The monoisotopic (exact) mass is 2260 g/mol. The van der Waals surface area contributed by atoms with Crippen molar-refractivity contribution in [1.29, 1.82) is 0 Å². The van der Waals surface area contributed by atoms with Crippen LogP contribution in [0.2, 0.25) is 35.2 Å². The van der Waals surface area contributed by atoms with Gasteiger partial charge in [0.2, 0.25) is 0 Å². The first-order valence-corrected chi connectivity index (χ1v) is 56.0. The molecule has 0 bridgehead atoms. The summed E-state index contributed by atoms with van der Waals surface area (Å²) in [5.74, 6) is -10.1. The van der Waals surface area contributed by atoms with Crippen molar-refractivity contribution in [1.82, 2.24) is 9.80 Å². The van der Waals surface area contributed by atoms with E-state index in [1.54, 1.807) is 59.5 Å². The van der Waals surface area contributed by atoms with Crippen LogP contribution in [-0.4, -0.2) is 140 Å². The molecule has 8 N–H and O–H groups in total. The van der Waals surface area contributed by atoms with Crippen LogP contribution in [-0.2, 0) is 78.0 Å². The first-order valence-electron chi connectivity index (χ1n) is 43.4. The molecule has 24 nitrogen and oxygen atoms in total. The van der Waals surface area contributed by atoms with Gasteiger partial charge in [-0.3, -0.25) is 9.59 Å². The number of phenolic OH excluding ortho intramolecular Hbond substituents is 4. The highest BCUT2D eigenvalue weighted by Crippen LogP contribution is 2.46. The number of carbonyl (C=O) groups excluding carboxylic acids is 2. The standard InChI is InChI=1S/C26H21ClFNO5S2.C25H19ClF2N2O4S2.C21H16Cl2O3S.C19H14Cl2O4S.C14H10ClFO5S/c1-34-21-13-20(28)18(23-11-15-5-2-3-6-22(15)35-23)9-17(21)14-36(32,33)24-12-16(10-19(27)25(24)30)26(31)29-7-4-8-29;26-18-6-14(25(32)30-10-16(29)11-30)8-23(24(18)31)36(33,34)12-15-5-17(20(28)9-19(15)27)22-7-13-3-1-2-4-21(13)35-22;1-14(24)19-9-7-16(15-5-3-2-4-6-15)11-17(19)13-27(25,26)18-8-10-20(22)21(23)12-18;20-14-10-16(21)19(22)18(11-14)26(23,24)12-13-6-4-5-9-17(13)25-15-7-2-1-3-8-15;15-10-5-9(14(18)19)6-12(13(10)17)22(20,21)7-8-3-1-2-4-11(8)16/h2-3,5-6,9-13,30H,4,7-8,14H2,1H3;1-9,16,31H,10-12,29H2;2-12,24H,1,13H2;1-11,22H,12H2;1-6,17H,7H2,(H,18,19). The third-order valence-electron chi connectivity index (χ3n) is 22.8. The summed E-state index contributed by atoms with van der Waals surface area (Å²) >= 11 is 44.0. The summed E-state index contributed by atoms with van der Waals surface area (Å²) in [5, 5.41) is 60.8. The third kappa shape index (κ3) is 26.1. The van der Waals surface area contributed by atoms with Crippen LogP contribution in [0.5, 0.6) is 40.2 Å². The number of aliphatic hydroxyl groups excluding tert-OH is 1. The maximum Gasteiger partial charge on any atom is 0.335 e. The highest BCUT2D eigenvalue weighted by Gasteiger charge is 2.35. The van der Waals surface area contributed by atoms with Gasteiger partial charge >= 0.3 is 5.97 Å². The van der Waals surface area contributed by atoms with E-state index in [-0.39, 0.29) is 114 Å². The predicted octanol–water partition coefficient (Wildman–Crippen LogP) is 25.3. The number of nitrogens with two attached hydrogens (primary N) is 1. The number of carbonyl (C=O) groups is 3. The average Bonchev–Trinajstić information content (AvgIpc) is 1.76. The van der Waals surface area contributed by atoms with Crippen molar-refractivity contribution in [3.8, 4) is 72.3 Å². The number of benzene rings is 14. The summed E-state index contributed by atoms with van der Waals surface area (Å²) in [6.45, 7) is 5.30. The number of aliphatic hydroxyl groups is 1. The number of fused-ring (bicyclic) bond motifs is 2. The van der Waals surface area contributed by atoms with Gasteiger partial charge in [0.05, 0.1) is 76.5 Å². The van der Waals surface area contributed by atoms with Crippen LogP contribution in [0, 0.1) is 23.3 Å². The molecule has 2 saturated heterocycles. The van der Waals surface area contributed by atoms with E-state index in [4.69, 9.17) is 102 Å². The number of phenols is 4. The number of para-hydroxylation sites is 2. The molecule has 0 unspecified atom stereocenters. The van der Waals surface area contributed by atoms with Crippen molar-refractivity contribution in [2.75, 3.05) is 33.3 Å². The molecule has 4 heterocycles. The summed E-state index contributed by atoms with van der Waals surface area (Å²) in [6, 6.07) is 71.7. The lowest BCUT2D eigenvalue weighted by molar-refractivity contribution is 0.0606. The quantitative estimate of drug-likeness (QED) is 0.0206. The highest BCUT2D eigenvalue weighted by molar-refractivity contribution is 7.92. The minimum Gasteiger partial charge on any atom is -0.508 e. The number of amides is 2. The first kappa shape index (κ1) is 110. The van der Waals surface area contributed by atoms with Gasteiger partial charge < -0.3 is 55.6 Å². The second kappa shape index (κ2) is 46.3. The van der Waals surface area contributed by atoms with Crippen LogP contribution < -0.4 is 15.2 Å². The number of likely N-dealkylation sites (tertiary alicyclic amines) is 2. The number of carboxylic acid groups (broad SMARTS) is 1. The molecule has 147 heavy (non-hydrogen) atoms. The fourth-order valence-corrected chi connectivity index (χ4v) is 26.6. The lowest BCUT2D eigenvalue weighted by Crippen LogP contribution is -2.57. The minimum atomic E-state index is -4.40. The molecule has 18 rings (SSSR count). The number of thiophene rings is 2. The van der Waals surface area contributed by atoms with Gasteiger partial charge in [0.25, 0.3) is 11.8 Å². The number of ether oxygens (including phenoxy) is 2. The van der Waals surface area contributed by atoms with Crippen LogP contribution in [0.4, 0.5) is 17.6 Å². The SMILES string of the molecule is C=C(O)c1ccc(-c2ccccc2)cc1CS(=O)(=O)c1ccc(Cl)c(Cl)c1.COc1cc(F)c(-c2cc3ccccc3s2)cc1CS(=O)(=O)c1cc(C(=O)N2CCC2)cc(Cl)c1O.NC1CN(C(=O)c2cc(Cl)c(O)c(S(=O)(=O)Cc3cc(-c4cc5ccccc5s4)c(F)cc3F)c2)C1.O=C(O)c1cc(Cl)c(O)c(S(=O)(=O)Cc2ccccc2F)c1.O=S(=O)(Cc1ccccc1Oc1ccccc1)c1cc(Cl)cc(Cl)c1O. The van der Waals surface area contributed by atoms with Crippen molar-refractivity contribution >= 4 is 197 Å². The van der Waals surface area contributed by atoms with Gasteiger partial charge in [-0.25, -0.2) is 64.4 Å². The molecule has 760 valence electrons. The van der Waals surface area contributed by atoms with Crippen molar-refractivity contribution < 1.29 is 114 Å². The van der Waals surface area contributed by atoms with E-state index in [0.717, 1.165) is 80.2 Å². The fraction of sp³-hybridized carbons (Fsp3) is 0.114. The molecular weight excluding hydrogens is 2190 g/mol. The fourth-order valence-electron chi connectivity index (χ4n) is 15.2. The van der Waals surface area contributed by atoms with Crippen LogP contribution in [0.15, 0.2) is 310 Å². The van der Waals surface area contributed by atoms with Crippen molar-refractivity contribution in [3.63, 3.8) is 0 Å². The molecule has 2 aliphatic rings. The number of hydrogen-bond donors (Lipinski definition) is 7. The van der Waals surface area contributed by atoms with Crippen LogP contribution in [0.3, 0.4) is 0 Å². The predicted molar refractivity (Wildman–Crippen MR) is 564 cm³/mol. The van der Waals surface area contributed by atoms with Crippen molar-refractivity contribution in [2.24, 2.45) is 5.73 Å². The van der Waals surface area contributed by atoms with E-state index >= 15 is 4.39 Å². The third-order valence-corrected chi connectivity index (χ3v) is 35.6. The van der Waals surface area contributed by atoms with Gasteiger partial charge in [-0.2, -0.15) is 0 Å². The minimum absolute atomic E-state index is 0.0474. The number of halogens is 11. The second-order valence-electron chi connectivity index (χ2n) is 33.1. The van der Waals surface area contributed by atoms with Gasteiger partial charge in [-0.05, 0) is 167 Å². The van der Waals surface area contributed by atoms with E-state index in [0.29, 0.717) is 70.2 Å². The van der Waals surface area contributed by atoms with Crippen molar-refractivity contribution in [2.45, 2.75) is 65.7 Å². The number of methoxy groups -OCH3 is 1. The summed E-state index contributed by atoms with van der Waals surface area (Å²) in [5.41, 5.74) is 8.55.